The lowest BCUT2D eigenvalue weighted by Gasteiger charge is -2.32. The second-order valence-electron chi connectivity index (χ2n) is 5.46. The molecule has 21 heavy (non-hydrogen) atoms. The molecule has 0 unspecified atom stereocenters. The first kappa shape index (κ1) is 15.6. The van der Waals surface area contributed by atoms with Crippen LogP contribution >= 0.6 is 0 Å². The summed E-state index contributed by atoms with van der Waals surface area (Å²) in [5.41, 5.74) is 7.16. The summed E-state index contributed by atoms with van der Waals surface area (Å²) < 4.78 is 5.20. The van der Waals surface area contributed by atoms with Gasteiger partial charge in [0.15, 0.2) is 0 Å². The van der Waals surface area contributed by atoms with E-state index in [1.54, 1.807) is 31.2 Å². The SMILES string of the molecule is COc1cc(N(C)C(=O)CN2CCN(C)CC2)ccc1N. The van der Waals surface area contributed by atoms with Gasteiger partial charge in [0.05, 0.1) is 19.3 Å². The number of likely N-dealkylation sites (N-methyl/N-ethyl adjacent to an activating group) is 2. The van der Waals surface area contributed by atoms with E-state index in [0.717, 1.165) is 31.9 Å². The second kappa shape index (κ2) is 6.78. The maximum Gasteiger partial charge on any atom is 0.240 e. The lowest BCUT2D eigenvalue weighted by molar-refractivity contribution is -0.119. The van der Waals surface area contributed by atoms with Crippen molar-refractivity contribution < 1.29 is 9.53 Å². The first-order valence-corrected chi connectivity index (χ1v) is 7.12. The fourth-order valence-electron chi connectivity index (χ4n) is 2.36. The van der Waals surface area contributed by atoms with Crippen LogP contribution < -0.4 is 15.4 Å². The Kier molecular flexibility index (Phi) is 5.03. The topological polar surface area (TPSA) is 62.0 Å². The van der Waals surface area contributed by atoms with Gasteiger partial charge in [0, 0.05) is 45.0 Å². The quantitative estimate of drug-likeness (QED) is 0.818. The molecular weight excluding hydrogens is 268 g/mol. The van der Waals surface area contributed by atoms with Crippen LogP contribution in [0.4, 0.5) is 11.4 Å². The van der Waals surface area contributed by atoms with Gasteiger partial charge in [0.2, 0.25) is 5.91 Å². The Labute approximate surface area is 126 Å². The molecule has 1 aliphatic rings. The predicted octanol–water partition coefficient (Wildman–Crippen LogP) is 0.488. The summed E-state index contributed by atoms with van der Waals surface area (Å²) in [7, 11) is 5.46. The number of nitrogens with zero attached hydrogens (tertiary/aromatic N) is 3. The fraction of sp³-hybridized carbons (Fsp3) is 0.533. The molecule has 1 saturated heterocycles. The number of amides is 1. The minimum absolute atomic E-state index is 0.0753. The number of anilines is 2. The first-order valence-electron chi connectivity index (χ1n) is 7.12. The van der Waals surface area contributed by atoms with Gasteiger partial charge < -0.3 is 20.3 Å². The van der Waals surface area contributed by atoms with Crippen LogP contribution in [0.25, 0.3) is 0 Å². The van der Waals surface area contributed by atoms with Crippen molar-refractivity contribution >= 4 is 17.3 Å². The lowest BCUT2D eigenvalue weighted by Crippen LogP contribution is -2.48. The van der Waals surface area contributed by atoms with E-state index in [0.29, 0.717) is 18.0 Å². The molecule has 1 aromatic rings. The van der Waals surface area contributed by atoms with E-state index in [-0.39, 0.29) is 5.91 Å². The minimum atomic E-state index is 0.0753. The summed E-state index contributed by atoms with van der Waals surface area (Å²) in [6, 6.07) is 5.38. The summed E-state index contributed by atoms with van der Waals surface area (Å²) in [5, 5.41) is 0. The van der Waals surface area contributed by atoms with Crippen molar-refractivity contribution in [2.45, 2.75) is 0 Å². The van der Waals surface area contributed by atoms with E-state index in [4.69, 9.17) is 10.5 Å². The molecule has 1 aliphatic heterocycles. The third-order valence-electron chi connectivity index (χ3n) is 3.93. The number of piperazine rings is 1. The Morgan fingerprint density at radius 1 is 1.33 bits per heavy atom. The molecule has 0 atom stereocenters. The number of rotatable bonds is 4. The third kappa shape index (κ3) is 3.86. The molecule has 1 fully saturated rings. The molecule has 0 spiro atoms. The van der Waals surface area contributed by atoms with Crippen molar-refractivity contribution in [3.05, 3.63) is 18.2 Å². The van der Waals surface area contributed by atoms with Gasteiger partial charge in [-0.3, -0.25) is 9.69 Å². The molecule has 0 bridgehead atoms. The number of methoxy groups -OCH3 is 1. The molecular formula is C15H24N4O2. The number of hydrogen-bond acceptors (Lipinski definition) is 5. The van der Waals surface area contributed by atoms with Crippen LogP contribution in [0.5, 0.6) is 5.75 Å². The number of nitrogens with two attached hydrogens (primary N) is 1. The van der Waals surface area contributed by atoms with Crippen molar-refractivity contribution in [2.75, 3.05) is 64.6 Å². The minimum Gasteiger partial charge on any atom is -0.495 e. The first-order chi connectivity index (χ1) is 10.0. The lowest BCUT2D eigenvalue weighted by atomic mass is 10.2. The Balaban J connectivity index is 1.98. The van der Waals surface area contributed by atoms with Crippen molar-refractivity contribution in [2.24, 2.45) is 0 Å². The van der Waals surface area contributed by atoms with Crippen LogP contribution in [-0.2, 0) is 4.79 Å². The Hall–Kier alpha value is -1.79. The number of carbonyl (C=O) groups is 1. The van der Waals surface area contributed by atoms with Gasteiger partial charge in [0.25, 0.3) is 0 Å². The predicted molar refractivity (Wildman–Crippen MR) is 84.8 cm³/mol. The van der Waals surface area contributed by atoms with Gasteiger partial charge in [0.1, 0.15) is 5.75 Å². The van der Waals surface area contributed by atoms with Gasteiger partial charge in [-0.05, 0) is 19.2 Å². The highest BCUT2D eigenvalue weighted by atomic mass is 16.5. The molecule has 2 N–H and O–H groups in total. The molecule has 6 heteroatoms. The van der Waals surface area contributed by atoms with Gasteiger partial charge in [-0.2, -0.15) is 0 Å². The van der Waals surface area contributed by atoms with Gasteiger partial charge in [-0.25, -0.2) is 0 Å². The maximum absolute atomic E-state index is 12.4. The monoisotopic (exact) mass is 292 g/mol. The average molecular weight is 292 g/mol. The molecule has 1 amide bonds. The van der Waals surface area contributed by atoms with E-state index in [9.17, 15) is 4.79 Å². The summed E-state index contributed by atoms with van der Waals surface area (Å²) >= 11 is 0. The Morgan fingerprint density at radius 3 is 2.62 bits per heavy atom. The summed E-state index contributed by atoms with van der Waals surface area (Å²) in [6.45, 7) is 4.32. The van der Waals surface area contributed by atoms with Crippen LogP contribution in [0.3, 0.4) is 0 Å². The van der Waals surface area contributed by atoms with Crippen LogP contribution in [0.15, 0.2) is 18.2 Å². The smallest absolute Gasteiger partial charge is 0.240 e. The summed E-state index contributed by atoms with van der Waals surface area (Å²) in [5.74, 6) is 0.665. The highest BCUT2D eigenvalue weighted by Crippen LogP contribution is 2.26. The molecule has 116 valence electrons. The maximum atomic E-state index is 12.4. The number of nitrogen functional groups attached to an aromatic ring is 1. The third-order valence-corrected chi connectivity index (χ3v) is 3.93. The molecule has 1 heterocycles. The molecule has 0 saturated carbocycles. The van der Waals surface area contributed by atoms with Gasteiger partial charge >= 0.3 is 0 Å². The van der Waals surface area contributed by atoms with Crippen molar-refractivity contribution in [3.8, 4) is 5.75 Å². The summed E-state index contributed by atoms with van der Waals surface area (Å²) in [6.07, 6.45) is 0. The normalized spacial score (nSPS) is 16.7. The summed E-state index contributed by atoms with van der Waals surface area (Å²) in [4.78, 5) is 18.5. The number of ether oxygens (including phenoxy) is 1. The van der Waals surface area contributed by atoms with Crippen molar-refractivity contribution in [1.29, 1.82) is 0 Å². The molecule has 6 nitrogen and oxygen atoms in total. The average Bonchev–Trinajstić information content (AvgIpc) is 2.49. The van der Waals surface area contributed by atoms with Crippen LogP contribution in [0, 0.1) is 0 Å². The zero-order chi connectivity index (χ0) is 15.4. The van der Waals surface area contributed by atoms with Crippen molar-refractivity contribution in [3.63, 3.8) is 0 Å². The zero-order valence-electron chi connectivity index (χ0n) is 13.0. The van der Waals surface area contributed by atoms with E-state index in [1.165, 1.54) is 0 Å². The van der Waals surface area contributed by atoms with Crippen molar-refractivity contribution in [1.82, 2.24) is 9.80 Å². The van der Waals surface area contributed by atoms with Gasteiger partial charge in [-0.15, -0.1) is 0 Å². The van der Waals surface area contributed by atoms with E-state index >= 15 is 0 Å². The van der Waals surface area contributed by atoms with Gasteiger partial charge in [-0.1, -0.05) is 0 Å². The fourth-order valence-corrected chi connectivity index (χ4v) is 2.36. The standard InChI is InChI=1S/C15H24N4O2/c1-17-6-8-19(9-7-17)11-15(20)18(2)12-4-5-13(16)14(10-12)21-3/h4-5,10H,6-9,11,16H2,1-3H3. The van der Waals surface area contributed by atoms with E-state index < -0.39 is 0 Å². The Bertz CT molecular complexity index is 498. The second-order valence-corrected chi connectivity index (χ2v) is 5.46. The molecule has 0 aliphatic carbocycles. The Morgan fingerprint density at radius 2 is 2.00 bits per heavy atom. The highest BCUT2D eigenvalue weighted by Gasteiger charge is 2.19. The number of hydrogen-bond donors (Lipinski definition) is 1. The van der Waals surface area contributed by atoms with E-state index in [1.807, 2.05) is 6.07 Å². The van der Waals surface area contributed by atoms with Crippen LogP contribution in [0.2, 0.25) is 0 Å². The molecule has 0 aromatic heterocycles. The highest BCUT2D eigenvalue weighted by molar-refractivity contribution is 5.94. The van der Waals surface area contributed by atoms with Crippen LogP contribution in [0.1, 0.15) is 0 Å². The molecule has 1 aromatic carbocycles. The largest absolute Gasteiger partial charge is 0.495 e. The van der Waals surface area contributed by atoms with E-state index in [2.05, 4.69) is 16.8 Å². The number of carbonyl (C=O) groups excluding carboxylic acids is 1. The number of benzene rings is 1. The molecule has 0 radical (unpaired) electrons. The molecule has 2 rings (SSSR count). The zero-order valence-corrected chi connectivity index (χ0v) is 13.0. The van der Waals surface area contributed by atoms with Crippen LogP contribution in [-0.4, -0.2) is 69.6 Å².